The molecule has 1 aromatic carbocycles. The van der Waals surface area contributed by atoms with Crippen molar-refractivity contribution in [2.45, 2.75) is 17.9 Å². The number of carboxylic acid groups (broad SMARTS) is 1. The van der Waals surface area contributed by atoms with E-state index in [9.17, 15) is 18.0 Å². The molecule has 10 heteroatoms. The van der Waals surface area contributed by atoms with Crippen LogP contribution >= 0.6 is 15.9 Å². The highest BCUT2D eigenvalue weighted by Gasteiger charge is 2.27. The highest BCUT2D eigenvalue weighted by molar-refractivity contribution is 9.10. The van der Waals surface area contributed by atoms with Crippen LogP contribution in [-0.4, -0.2) is 38.0 Å². The van der Waals surface area contributed by atoms with E-state index in [1.165, 1.54) is 19.1 Å². The zero-order valence-electron chi connectivity index (χ0n) is 10.7. The number of sulfonamides is 1. The van der Waals surface area contributed by atoms with E-state index in [0.29, 0.717) is 5.69 Å². The van der Waals surface area contributed by atoms with E-state index >= 15 is 0 Å². The van der Waals surface area contributed by atoms with Gasteiger partial charge in [0.2, 0.25) is 10.0 Å². The normalized spacial score (nSPS) is 15.6. The number of rotatable bonds is 4. The van der Waals surface area contributed by atoms with E-state index in [1.807, 2.05) is 4.72 Å². The zero-order chi connectivity index (χ0) is 15.8. The Morgan fingerprint density at radius 1 is 1.52 bits per heavy atom. The number of halogens is 1. The lowest BCUT2D eigenvalue weighted by atomic mass is 10.2. The molecular weight excluding hydrogens is 368 g/mol. The summed E-state index contributed by atoms with van der Waals surface area (Å²) in [7, 11) is -4.05. The number of amides is 1. The Hall–Kier alpha value is -1.65. The van der Waals surface area contributed by atoms with Crippen LogP contribution in [0.3, 0.4) is 0 Å². The fourth-order valence-electron chi connectivity index (χ4n) is 1.63. The molecule has 1 amide bonds. The molecule has 0 fully saturated rings. The van der Waals surface area contributed by atoms with Crippen LogP contribution in [0.1, 0.15) is 6.92 Å². The SMILES string of the molecule is C[C@@H](NS(=O)(=O)c1cc2c(cc1Br)NC(=O)CO2)C(=O)O. The number of ether oxygens (including phenoxy) is 1. The Morgan fingerprint density at radius 3 is 2.81 bits per heavy atom. The minimum atomic E-state index is -4.05. The first-order chi connectivity index (χ1) is 9.70. The first kappa shape index (κ1) is 15.7. The monoisotopic (exact) mass is 378 g/mol. The molecule has 0 radical (unpaired) electrons. The van der Waals surface area contributed by atoms with Crippen molar-refractivity contribution < 1.29 is 27.9 Å². The second-order valence-electron chi connectivity index (χ2n) is 4.30. The predicted molar refractivity (Wildman–Crippen MR) is 75.7 cm³/mol. The number of hydrogen-bond acceptors (Lipinski definition) is 5. The van der Waals surface area contributed by atoms with Crippen molar-refractivity contribution in [3.05, 3.63) is 16.6 Å². The summed E-state index contributed by atoms with van der Waals surface area (Å²) in [6, 6.07) is 1.32. The van der Waals surface area contributed by atoms with E-state index in [2.05, 4.69) is 21.2 Å². The summed E-state index contributed by atoms with van der Waals surface area (Å²) in [6.45, 7) is 0.996. The van der Waals surface area contributed by atoms with Gasteiger partial charge in [0.25, 0.3) is 5.91 Å². The van der Waals surface area contributed by atoms with E-state index in [-0.39, 0.29) is 27.6 Å². The van der Waals surface area contributed by atoms with Gasteiger partial charge >= 0.3 is 5.97 Å². The average molecular weight is 379 g/mol. The molecule has 0 aliphatic carbocycles. The molecule has 1 atom stereocenters. The van der Waals surface area contributed by atoms with Crippen molar-refractivity contribution in [1.82, 2.24) is 4.72 Å². The Kier molecular flexibility index (Phi) is 4.21. The van der Waals surface area contributed by atoms with E-state index in [0.717, 1.165) is 0 Å². The molecule has 0 saturated carbocycles. The maximum atomic E-state index is 12.2. The Bertz CT molecular complexity index is 718. The van der Waals surface area contributed by atoms with Gasteiger partial charge in [-0.1, -0.05) is 0 Å². The van der Waals surface area contributed by atoms with Gasteiger partial charge in [-0.15, -0.1) is 0 Å². The highest BCUT2D eigenvalue weighted by atomic mass is 79.9. The largest absolute Gasteiger partial charge is 0.482 e. The van der Waals surface area contributed by atoms with Crippen molar-refractivity contribution in [3.8, 4) is 5.75 Å². The number of benzene rings is 1. The van der Waals surface area contributed by atoms with Gasteiger partial charge in [-0.3, -0.25) is 9.59 Å². The molecule has 8 nitrogen and oxygen atoms in total. The maximum Gasteiger partial charge on any atom is 0.321 e. The number of anilines is 1. The first-order valence-electron chi connectivity index (χ1n) is 5.72. The predicted octanol–water partition coefficient (Wildman–Crippen LogP) is 0.531. The summed E-state index contributed by atoms with van der Waals surface area (Å²) >= 11 is 3.08. The molecule has 114 valence electrons. The molecule has 0 saturated heterocycles. The summed E-state index contributed by atoms with van der Waals surface area (Å²) in [6.07, 6.45) is 0. The Balaban J connectivity index is 2.40. The number of carbonyl (C=O) groups is 2. The van der Waals surface area contributed by atoms with Crippen molar-refractivity contribution in [2.24, 2.45) is 0 Å². The van der Waals surface area contributed by atoms with Crippen molar-refractivity contribution in [3.63, 3.8) is 0 Å². The molecule has 0 spiro atoms. The fraction of sp³-hybridized carbons (Fsp3) is 0.273. The average Bonchev–Trinajstić information content (AvgIpc) is 2.36. The van der Waals surface area contributed by atoms with Crippen molar-refractivity contribution in [2.75, 3.05) is 11.9 Å². The lowest BCUT2D eigenvalue weighted by Gasteiger charge is -2.20. The van der Waals surface area contributed by atoms with Gasteiger partial charge in [-0.2, -0.15) is 4.72 Å². The lowest BCUT2D eigenvalue weighted by molar-refractivity contribution is -0.138. The molecule has 1 aliphatic rings. The molecule has 21 heavy (non-hydrogen) atoms. The summed E-state index contributed by atoms with van der Waals surface area (Å²) in [5.41, 5.74) is 0.336. The molecule has 0 unspecified atom stereocenters. The maximum absolute atomic E-state index is 12.2. The summed E-state index contributed by atoms with van der Waals surface area (Å²) in [5, 5.41) is 11.3. The number of hydrogen-bond donors (Lipinski definition) is 3. The van der Waals surface area contributed by atoms with Crippen LogP contribution in [0.15, 0.2) is 21.5 Å². The molecule has 0 bridgehead atoms. The van der Waals surface area contributed by atoms with Gasteiger partial charge in [0, 0.05) is 10.5 Å². The van der Waals surface area contributed by atoms with Crippen LogP contribution in [0.5, 0.6) is 5.75 Å². The quantitative estimate of drug-likeness (QED) is 0.702. The number of carbonyl (C=O) groups excluding carboxylic acids is 1. The van der Waals surface area contributed by atoms with Gasteiger partial charge in [-0.05, 0) is 28.9 Å². The third-order valence-electron chi connectivity index (χ3n) is 2.66. The number of carboxylic acids is 1. The minimum Gasteiger partial charge on any atom is -0.482 e. The second kappa shape index (κ2) is 5.62. The minimum absolute atomic E-state index is 0.175. The van der Waals surface area contributed by atoms with E-state index in [1.54, 1.807) is 0 Å². The molecule has 2 rings (SSSR count). The fourth-order valence-corrected chi connectivity index (χ4v) is 3.89. The molecule has 1 aromatic rings. The molecule has 1 aliphatic heterocycles. The third kappa shape index (κ3) is 3.34. The smallest absolute Gasteiger partial charge is 0.321 e. The Morgan fingerprint density at radius 2 is 2.19 bits per heavy atom. The lowest BCUT2D eigenvalue weighted by Crippen LogP contribution is -2.38. The third-order valence-corrected chi connectivity index (χ3v) is 5.16. The zero-order valence-corrected chi connectivity index (χ0v) is 13.1. The summed E-state index contributed by atoms with van der Waals surface area (Å²) in [5.74, 6) is -1.44. The summed E-state index contributed by atoms with van der Waals surface area (Å²) < 4.78 is 31.7. The first-order valence-corrected chi connectivity index (χ1v) is 7.99. The topological polar surface area (TPSA) is 122 Å². The van der Waals surface area contributed by atoms with Gasteiger partial charge in [0.05, 0.1) is 5.69 Å². The van der Waals surface area contributed by atoms with Crippen molar-refractivity contribution in [1.29, 1.82) is 0 Å². The second-order valence-corrected chi connectivity index (χ2v) is 6.83. The van der Waals surface area contributed by atoms with Gasteiger partial charge in [0.1, 0.15) is 16.7 Å². The number of nitrogens with one attached hydrogen (secondary N) is 2. The summed E-state index contributed by atoms with van der Waals surface area (Å²) in [4.78, 5) is 21.8. The number of aliphatic carboxylic acids is 1. The van der Waals surface area contributed by atoms with Crippen LogP contribution in [-0.2, 0) is 19.6 Å². The van der Waals surface area contributed by atoms with E-state index < -0.39 is 22.0 Å². The van der Waals surface area contributed by atoms with Crippen molar-refractivity contribution >= 4 is 43.5 Å². The van der Waals surface area contributed by atoms with E-state index in [4.69, 9.17) is 9.84 Å². The highest BCUT2D eigenvalue weighted by Crippen LogP contribution is 2.35. The molecular formula is C11H11BrN2O6S. The van der Waals surface area contributed by atoms with Crippen LogP contribution < -0.4 is 14.8 Å². The standard InChI is InChI=1S/C11H11BrN2O6S/c1-5(11(16)17)14-21(18,19)9-3-8-7(2-6(9)12)13-10(15)4-20-8/h2-3,5,14H,4H2,1H3,(H,13,15)(H,16,17)/t5-/m1/s1. The molecule has 0 aromatic heterocycles. The Labute approximate surface area is 128 Å². The number of fused-ring (bicyclic) bond motifs is 1. The van der Waals surface area contributed by atoms with Gasteiger partial charge < -0.3 is 15.2 Å². The van der Waals surface area contributed by atoms with Crippen LogP contribution in [0, 0.1) is 0 Å². The van der Waals surface area contributed by atoms with Crippen LogP contribution in [0.2, 0.25) is 0 Å². The molecule has 1 heterocycles. The van der Waals surface area contributed by atoms with Gasteiger partial charge in [0.15, 0.2) is 6.61 Å². The van der Waals surface area contributed by atoms with Crippen LogP contribution in [0.25, 0.3) is 0 Å². The molecule has 3 N–H and O–H groups in total. The van der Waals surface area contributed by atoms with Crippen LogP contribution in [0.4, 0.5) is 5.69 Å². The van der Waals surface area contributed by atoms with Gasteiger partial charge in [-0.25, -0.2) is 8.42 Å².